The topological polar surface area (TPSA) is 80.3 Å². The number of amides is 1. The highest BCUT2D eigenvalue weighted by Crippen LogP contribution is 2.28. The summed E-state index contributed by atoms with van der Waals surface area (Å²) in [7, 11) is 4.91. The Morgan fingerprint density at radius 2 is 1.72 bits per heavy atom. The first kappa shape index (κ1) is 23.6. The van der Waals surface area contributed by atoms with Crippen molar-refractivity contribution >= 4 is 11.9 Å². The third kappa shape index (κ3) is 6.45. The summed E-state index contributed by atoms with van der Waals surface area (Å²) in [6, 6.07) is 14.7. The number of methoxy groups -OCH3 is 2. The molecule has 0 spiro atoms. The lowest BCUT2D eigenvalue weighted by atomic mass is 10.0. The van der Waals surface area contributed by atoms with Crippen LogP contribution in [-0.4, -0.2) is 82.3 Å². The van der Waals surface area contributed by atoms with E-state index in [0.717, 1.165) is 38.3 Å². The number of hydrogen-bond acceptors (Lipinski definition) is 7. The van der Waals surface area contributed by atoms with Crippen LogP contribution in [-0.2, 0) is 9.53 Å². The van der Waals surface area contributed by atoms with Crippen molar-refractivity contribution in [2.24, 2.45) is 0 Å². The van der Waals surface area contributed by atoms with Crippen LogP contribution in [0.2, 0.25) is 0 Å². The largest absolute Gasteiger partial charge is 0.493 e. The molecule has 32 heavy (non-hydrogen) atoms. The van der Waals surface area contributed by atoms with E-state index in [-0.39, 0.29) is 18.6 Å². The fourth-order valence-corrected chi connectivity index (χ4v) is 3.57. The predicted octanol–water partition coefficient (Wildman–Crippen LogP) is 1.97. The normalized spacial score (nSPS) is 15.6. The quantitative estimate of drug-likeness (QED) is 0.596. The highest BCUT2D eigenvalue weighted by atomic mass is 16.6. The van der Waals surface area contributed by atoms with Crippen LogP contribution in [0.3, 0.4) is 0 Å². The summed E-state index contributed by atoms with van der Waals surface area (Å²) in [5.41, 5.74) is 1.51. The monoisotopic (exact) mass is 441 g/mol. The van der Waals surface area contributed by atoms with Gasteiger partial charge in [-0.3, -0.25) is 9.69 Å². The molecule has 2 aromatic rings. The van der Waals surface area contributed by atoms with E-state index in [1.165, 1.54) is 14.2 Å². The van der Waals surface area contributed by atoms with E-state index in [9.17, 15) is 9.59 Å². The Bertz CT molecular complexity index is 898. The molecule has 0 aliphatic carbocycles. The molecule has 1 saturated heterocycles. The number of nitrogens with zero attached hydrogens (tertiary/aromatic N) is 2. The molecule has 1 amide bonds. The molecule has 0 radical (unpaired) electrons. The summed E-state index contributed by atoms with van der Waals surface area (Å²) in [5.74, 6) is 0.0395. The average Bonchev–Trinajstić information content (AvgIpc) is 2.83. The van der Waals surface area contributed by atoms with E-state index in [0.29, 0.717) is 17.1 Å². The zero-order valence-electron chi connectivity index (χ0n) is 18.9. The van der Waals surface area contributed by atoms with Crippen molar-refractivity contribution < 1.29 is 23.8 Å². The minimum Gasteiger partial charge on any atom is -0.493 e. The van der Waals surface area contributed by atoms with Crippen molar-refractivity contribution in [3.8, 4) is 11.5 Å². The summed E-state index contributed by atoms with van der Waals surface area (Å²) < 4.78 is 15.4. The number of nitrogens with one attached hydrogen (secondary N) is 1. The Morgan fingerprint density at radius 3 is 2.38 bits per heavy atom. The van der Waals surface area contributed by atoms with Gasteiger partial charge >= 0.3 is 5.97 Å². The molecule has 1 atom stereocenters. The van der Waals surface area contributed by atoms with Crippen LogP contribution >= 0.6 is 0 Å². The highest BCUT2D eigenvalue weighted by Gasteiger charge is 2.22. The van der Waals surface area contributed by atoms with Gasteiger partial charge in [-0.15, -0.1) is 0 Å². The Morgan fingerprint density at radius 1 is 1.00 bits per heavy atom. The number of esters is 1. The number of hydrogen-bond donors (Lipinski definition) is 1. The molecule has 1 fully saturated rings. The fourth-order valence-electron chi connectivity index (χ4n) is 3.57. The number of benzene rings is 2. The van der Waals surface area contributed by atoms with Gasteiger partial charge in [0.15, 0.2) is 18.1 Å². The molecule has 0 aromatic heterocycles. The van der Waals surface area contributed by atoms with Gasteiger partial charge in [-0.25, -0.2) is 4.79 Å². The van der Waals surface area contributed by atoms with Crippen LogP contribution in [0.1, 0.15) is 22.0 Å². The van der Waals surface area contributed by atoms with Crippen LogP contribution in [0, 0.1) is 0 Å². The molecule has 1 aliphatic rings. The van der Waals surface area contributed by atoms with Gasteiger partial charge in [0.05, 0.1) is 20.3 Å². The molecular formula is C24H31N3O5. The van der Waals surface area contributed by atoms with Gasteiger partial charge < -0.3 is 24.4 Å². The molecule has 8 nitrogen and oxygen atoms in total. The third-order valence-electron chi connectivity index (χ3n) is 5.54. The summed E-state index contributed by atoms with van der Waals surface area (Å²) >= 11 is 0. The van der Waals surface area contributed by atoms with Crippen molar-refractivity contribution in [1.29, 1.82) is 0 Å². The van der Waals surface area contributed by atoms with E-state index in [4.69, 9.17) is 9.47 Å². The zero-order chi connectivity index (χ0) is 22.9. The Labute approximate surface area is 189 Å². The van der Waals surface area contributed by atoms with Gasteiger partial charge in [0, 0.05) is 38.3 Å². The predicted molar refractivity (Wildman–Crippen MR) is 121 cm³/mol. The van der Waals surface area contributed by atoms with E-state index in [1.54, 1.807) is 18.2 Å². The van der Waals surface area contributed by atoms with Crippen LogP contribution in [0.5, 0.6) is 11.5 Å². The number of piperazine rings is 1. The minimum absolute atomic E-state index is 0.145. The maximum absolute atomic E-state index is 13.1. The van der Waals surface area contributed by atoms with Gasteiger partial charge in [0.25, 0.3) is 5.91 Å². The number of rotatable bonds is 9. The van der Waals surface area contributed by atoms with Gasteiger partial charge in [-0.2, -0.15) is 0 Å². The van der Waals surface area contributed by atoms with Crippen molar-refractivity contribution in [1.82, 2.24) is 15.1 Å². The number of carbonyl (C=O) groups is 2. The van der Waals surface area contributed by atoms with Crippen molar-refractivity contribution in [3.05, 3.63) is 59.7 Å². The van der Waals surface area contributed by atoms with E-state index in [1.807, 2.05) is 30.3 Å². The van der Waals surface area contributed by atoms with Gasteiger partial charge in [0.1, 0.15) is 0 Å². The molecular weight excluding hydrogens is 410 g/mol. The molecule has 1 heterocycles. The summed E-state index contributed by atoms with van der Waals surface area (Å²) in [6.45, 7) is 4.46. The Balaban J connectivity index is 1.73. The maximum Gasteiger partial charge on any atom is 0.343 e. The average molecular weight is 442 g/mol. The van der Waals surface area contributed by atoms with Gasteiger partial charge in [-0.05, 0) is 30.8 Å². The lowest BCUT2D eigenvalue weighted by Gasteiger charge is -2.35. The Kier molecular flexibility index (Phi) is 8.47. The molecule has 0 saturated carbocycles. The second-order valence-electron chi connectivity index (χ2n) is 7.77. The first-order chi connectivity index (χ1) is 15.5. The fraction of sp³-hybridized carbons (Fsp3) is 0.417. The zero-order valence-corrected chi connectivity index (χ0v) is 18.9. The first-order valence-corrected chi connectivity index (χ1v) is 10.6. The van der Waals surface area contributed by atoms with Crippen molar-refractivity contribution in [3.63, 3.8) is 0 Å². The molecule has 2 aromatic carbocycles. The van der Waals surface area contributed by atoms with Crippen LogP contribution in [0.15, 0.2) is 48.5 Å². The van der Waals surface area contributed by atoms with E-state index in [2.05, 4.69) is 26.9 Å². The minimum atomic E-state index is -0.497. The number of likely N-dealkylation sites (N-methyl/N-ethyl adjacent to an activating group) is 1. The molecule has 1 unspecified atom stereocenters. The second kappa shape index (κ2) is 11.5. The Hall–Kier alpha value is -3.10. The SMILES string of the molecule is COC(=O)COc1ccc(C(=O)NC(CN2CCN(C)CC2)c2ccccc2)cc1OC. The standard InChI is InChI=1S/C24H31N3O5/c1-26-11-13-27(14-12-26)16-20(18-7-5-4-6-8-18)25-24(29)19-9-10-21(22(15-19)30-2)32-17-23(28)31-3/h4-10,15,20H,11-14,16-17H2,1-3H3,(H,25,29). The number of carbonyl (C=O) groups excluding carboxylic acids is 2. The highest BCUT2D eigenvalue weighted by molar-refractivity contribution is 5.95. The molecule has 0 bridgehead atoms. The second-order valence-corrected chi connectivity index (χ2v) is 7.77. The lowest BCUT2D eigenvalue weighted by Crippen LogP contribution is -2.47. The summed E-state index contributed by atoms with van der Waals surface area (Å²) in [4.78, 5) is 29.1. The van der Waals surface area contributed by atoms with Crippen molar-refractivity contribution in [2.75, 3.05) is 60.6 Å². The van der Waals surface area contributed by atoms with Crippen LogP contribution < -0.4 is 14.8 Å². The molecule has 3 rings (SSSR count). The summed E-state index contributed by atoms with van der Waals surface area (Å²) in [5, 5.41) is 3.17. The molecule has 1 N–H and O–H groups in total. The first-order valence-electron chi connectivity index (χ1n) is 10.6. The molecule has 1 aliphatic heterocycles. The smallest absolute Gasteiger partial charge is 0.343 e. The molecule has 172 valence electrons. The van der Waals surface area contributed by atoms with Crippen LogP contribution in [0.4, 0.5) is 0 Å². The van der Waals surface area contributed by atoms with Gasteiger partial charge in [-0.1, -0.05) is 30.3 Å². The third-order valence-corrected chi connectivity index (χ3v) is 5.54. The van der Waals surface area contributed by atoms with E-state index >= 15 is 0 Å². The molecule has 8 heteroatoms. The number of ether oxygens (including phenoxy) is 3. The van der Waals surface area contributed by atoms with Crippen LogP contribution in [0.25, 0.3) is 0 Å². The summed E-state index contributed by atoms with van der Waals surface area (Å²) in [6.07, 6.45) is 0. The van der Waals surface area contributed by atoms with Gasteiger partial charge in [0.2, 0.25) is 0 Å². The van der Waals surface area contributed by atoms with Crippen molar-refractivity contribution in [2.45, 2.75) is 6.04 Å². The lowest BCUT2D eigenvalue weighted by molar-refractivity contribution is -0.142. The maximum atomic E-state index is 13.1. The van der Waals surface area contributed by atoms with E-state index < -0.39 is 5.97 Å².